The molecular weight excluding hydrogens is 340 g/mol. The predicted octanol–water partition coefficient (Wildman–Crippen LogP) is 3.86. The van der Waals surface area contributed by atoms with Crippen molar-refractivity contribution in [1.29, 1.82) is 0 Å². The molecule has 1 aromatic heterocycles. The van der Waals surface area contributed by atoms with Crippen molar-refractivity contribution in [1.82, 2.24) is 9.88 Å². The van der Waals surface area contributed by atoms with Gasteiger partial charge in [-0.05, 0) is 49.1 Å². The van der Waals surface area contributed by atoms with Crippen LogP contribution in [0.1, 0.15) is 53.6 Å². The largest absolute Gasteiger partial charge is 0.366 e. The number of pyridine rings is 1. The Hall–Kier alpha value is -2.89. The highest BCUT2D eigenvalue weighted by atomic mass is 16.2. The van der Waals surface area contributed by atoms with Gasteiger partial charge in [-0.2, -0.15) is 0 Å². The van der Waals surface area contributed by atoms with Gasteiger partial charge in [0.05, 0.1) is 0 Å². The Morgan fingerprint density at radius 2 is 2.00 bits per heavy atom. The van der Waals surface area contributed by atoms with Crippen molar-refractivity contribution in [2.24, 2.45) is 5.73 Å². The van der Waals surface area contributed by atoms with Crippen LogP contribution < -0.4 is 11.1 Å². The summed E-state index contributed by atoms with van der Waals surface area (Å²) in [5.74, 6) is -0.509. The van der Waals surface area contributed by atoms with Crippen LogP contribution in [0.3, 0.4) is 0 Å². The molecule has 1 aliphatic carbocycles. The number of amides is 3. The van der Waals surface area contributed by atoms with E-state index in [1.54, 1.807) is 30.6 Å². The number of aromatic nitrogens is 1. The minimum absolute atomic E-state index is 0.157. The van der Waals surface area contributed by atoms with E-state index >= 15 is 0 Å². The summed E-state index contributed by atoms with van der Waals surface area (Å²) in [6.45, 7) is 2.41. The van der Waals surface area contributed by atoms with Gasteiger partial charge in [-0.25, -0.2) is 4.79 Å². The van der Waals surface area contributed by atoms with Crippen molar-refractivity contribution in [3.8, 4) is 0 Å². The van der Waals surface area contributed by atoms with E-state index in [0.717, 1.165) is 36.8 Å². The zero-order valence-corrected chi connectivity index (χ0v) is 15.6. The summed E-state index contributed by atoms with van der Waals surface area (Å²) >= 11 is 0. The van der Waals surface area contributed by atoms with Gasteiger partial charge in [0.1, 0.15) is 0 Å². The fourth-order valence-corrected chi connectivity index (χ4v) is 3.54. The second-order valence-electron chi connectivity index (χ2n) is 7.11. The van der Waals surface area contributed by atoms with Gasteiger partial charge in [-0.15, -0.1) is 0 Å². The Bertz CT molecular complexity index is 801. The van der Waals surface area contributed by atoms with E-state index in [0.29, 0.717) is 17.8 Å². The molecule has 0 spiro atoms. The lowest BCUT2D eigenvalue weighted by molar-refractivity contribution is 0.1000. The molecule has 3 N–H and O–H groups in total. The highest BCUT2D eigenvalue weighted by molar-refractivity contribution is 5.96. The van der Waals surface area contributed by atoms with Gasteiger partial charge >= 0.3 is 6.03 Å². The Morgan fingerprint density at radius 1 is 1.22 bits per heavy atom. The van der Waals surface area contributed by atoms with Crippen LogP contribution in [0.15, 0.2) is 42.7 Å². The molecule has 0 aliphatic heterocycles. The Labute approximate surface area is 159 Å². The maximum atomic E-state index is 13.1. The fourth-order valence-electron chi connectivity index (χ4n) is 3.54. The smallest absolute Gasteiger partial charge is 0.322 e. The summed E-state index contributed by atoms with van der Waals surface area (Å²) in [6.07, 6.45) is 9.03. The maximum absolute atomic E-state index is 13.1. The van der Waals surface area contributed by atoms with E-state index in [9.17, 15) is 9.59 Å². The van der Waals surface area contributed by atoms with Gasteiger partial charge in [0.25, 0.3) is 0 Å². The Morgan fingerprint density at radius 3 is 2.67 bits per heavy atom. The van der Waals surface area contributed by atoms with E-state index in [1.165, 1.54) is 6.42 Å². The van der Waals surface area contributed by atoms with Crippen LogP contribution in [-0.4, -0.2) is 27.9 Å². The molecule has 0 radical (unpaired) electrons. The zero-order valence-electron chi connectivity index (χ0n) is 15.6. The highest BCUT2D eigenvalue weighted by Gasteiger charge is 2.26. The van der Waals surface area contributed by atoms with Crippen molar-refractivity contribution in [3.63, 3.8) is 0 Å². The number of nitrogens with zero attached hydrogens (tertiary/aromatic N) is 2. The highest BCUT2D eigenvalue weighted by Crippen LogP contribution is 2.25. The zero-order chi connectivity index (χ0) is 19.2. The third kappa shape index (κ3) is 4.84. The molecular formula is C21H26N4O2. The first-order chi connectivity index (χ1) is 13.0. The fraction of sp³-hybridized carbons (Fsp3) is 0.381. The van der Waals surface area contributed by atoms with Gasteiger partial charge in [0, 0.05) is 36.2 Å². The molecule has 1 aliphatic rings. The number of anilines is 1. The predicted molar refractivity (Wildman–Crippen MR) is 105 cm³/mol. The summed E-state index contributed by atoms with van der Waals surface area (Å²) in [5, 5.41) is 2.98. The molecule has 0 unspecified atom stereocenters. The number of rotatable bonds is 5. The summed E-state index contributed by atoms with van der Waals surface area (Å²) in [4.78, 5) is 30.6. The topological polar surface area (TPSA) is 88.3 Å². The van der Waals surface area contributed by atoms with Crippen LogP contribution in [0.5, 0.6) is 0 Å². The number of urea groups is 1. The second-order valence-corrected chi connectivity index (χ2v) is 7.11. The lowest BCUT2D eigenvalue weighted by Crippen LogP contribution is -2.43. The summed E-state index contributed by atoms with van der Waals surface area (Å²) in [7, 11) is 0. The molecule has 2 aromatic rings. The molecule has 27 heavy (non-hydrogen) atoms. The van der Waals surface area contributed by atoms with E-state index in [4.69, 9.17) is 5.73 Å². The third-order valence-electron chi connectivity index (χ3n) is 5.12. The molecule has 142 valence electrons. The van der Waals surface area contributed by atoms with Crippen molar-refractivity contribution in [2.45, 2.75) is 51.6 Å². The number of carbonyl (C=O) groups is 2. The molecule has 1 heterocycles. The quantitative estimate of drug-likeness (QED) is 0.842. The van der Waals surface area contributed by atoms with Crippen LogP contribution >= 0.6 is 0 Å². The van der Waals surface area contributed by atoms with Crippen molar-refractivity contribution in [3.05, 3.63) is 59.4 Å². The molecule has 1 aromatic carbocycles. The maximum Gasteiger partial charge on any atom is 0.322 e. The molecule has 1 fully saturated rings. The number of hydrogen-bond acceptors (Lipinski definition) is 3. The van der Waals surface area contributed by atoms with Crippen LogP contribution in [0.4, 0.5) is 10.5 Å². The van der Waals surface area contributed by atoms with E-state index in [1.807, 2.05) is 24.0 Å². The number of nitrogens with one attached hydrogen (secondary N) is 1. The van der Waals surface area contributed by atoms with Gasteiger partial charge in [-0.1, -0.05) is 31.4 Å². The molecule has 6 nitrogen and oxygen atoms in total. The minimum Gasteiger partial charge on any atom is -0.366 e. The third-order valence-corrected chi connectivity index (χ3v) is 5.12. The standard InChI is InChI=1S/C21H26N4O2/c1-15-9-10-17(20(22)26)12-19(15)24-21(27)25(18-7-3-2-4-8-18)14-16-6-5-11-23-13-16/h5-6,9-13,18H,2-4,7-8,14H2,1H3,(H2,22,26)(H,24,27). The van der Waals surface area contributed by atoms with E-state index < -0.39 is 5.91 Å². The van der Waals surface area contributed by atoms with Gasteiger partial charge < -0.3 is 16.0 Å². The van der Waals surface area contributed by atoms with E-state index in [-0.39, 0.29) is 12.1 Å². The number of nitrogens with two attached hydrogens (primary N) is 1. The Balaban J connectivity index is 1.82. The summed E-state index contributed by atoms with van der Waals surface area (Å²) in [5.41, 5.74) is 8.26. The van der Waals surface area contributed by atoms with Crippen molar-refractivity contribution in [2.75, 3.05) is 5.32 Å². The number of hydrogen-bond donors (Lipinski definition) is 2. The average molecular weight is 366 g/mol. The minimum atomic E-state index is -0.509. The van der Waals surface area contributed by atoms with Gasteiger partial charge in [0.15, 0.2) is 0 Å². The molecule has 3 amide bonds. The van der Waals surface area contributed by atoms with Gasteiger partial charge in [0.2, 0.25) is 5.91 Å². The summed E-state index contributed by atoms with van der Waals surface area (Å²) < 4.78 is 0. The van der Waals surface area contributed by atoms with Crippen LogP contribution in [0.2, 0.25) is 0 Å². The van der Waals surface area contributed by atoms with Crippen LogP contribution in [-0.2, 0) is 6.54 Å². The summed E-state index contributed by atoms with van der Waals surface area (Å²) in [6, 6.07) is 9.01. The number of carbonyl (C=O) groups excluding carboxylic acids is 2. The Kier molecular flexibility index (Phi) is 6.06. The monoisotopic (exact) mass is 366 g/mol. The van der Waals surface area contributed by atoms with Gasteiger partial charge in [-0.3, -0.25) is 9.78 Å². The number of benzene rings is 1. The lowest BCUT2D eigenvalue weighted by Gasteiger charge is -2.34. The first-order valence-corrected chi connectivity index (χ1v) is 9.41. The lowest BCUT2D eigenvalue weighted by atomic mass is 9.94. The van der Waals surface area contributed by atoms with Crippen LogP contribution in [0.25, 0.3) is 0 Å². The molecule has 0 saturated heterocycles. The number of primary amides is 1. The molecule has 1 saturated carbocycles. The van der Waals surface area contributed by atoms with Crippen molar-refractivity contribution < 1.29 is 9.59 Å². The van der Waals surface area contributed by atoms with Crippen molar-refractivity contribution >= 4 is 17.6 Å². The number of aryl methyl sites for hydroxylation is 1. The molecule has 3 rings (SSSR count). The molecule has 6 heteroatoms. The molecule has 0 bridgehead atoms. The second kappa shape index (κ2) is 8.66. The first kappa shape index (κ1) is 18.9. The van der Waals surface area contributed by atoms with E-state index in [2.05, 4.69) is 10.3 Å². The SMILES string of the molecule is Cc1ccc(C(N)=O)cc1NC(=O)N(Cc1cccnc1)C1CCCCC1. The first-order valence-electron chi connectivity index (χ1n) is 9.41. The molecule has 0 atom stereocenters. The average Bonchev–Trinajstić information content (AvgIpc) is 2.69. The van der Waals surface area contributed by atoms with Crippen LogP contribution in [0, 0.1) is 6.92 Å². The normalized spacial score (nSPS) is 14.6.